The molecule has 0 saturated heterocycles. The Morgan fingerprint density at radius 2 is 1.88 bits per heavy atom. The molecule has 0 aliphatic rings. The second-order valence-corrected chi connectivity index (χ2v) is 2.89. The summed E-state index contributed by atoms with van der Waals surface area (Å²) in [6.45, 7) is -0.462. The number of hydrogen-bond acceptors (Lipinski definition) is 5. The Kier molecular flexibility index (Phi) is 4.14. The average molecular weight is 223 g/mol. The lowest BCUT2D eigenvalue weighted by Crippen LogP contribution is -2.16. The smallest absolute Gasteiger partial charge is 0.317 e. The van der Waals surface area contributed by atoms with Gasteiger partial charge >= 0.3 is 11.9 Å². The molecule has 0 radical (unpaired) electrons. The molecule has 0 saturated carbocycles. The molecule has 0 aromatic carbocycles. The topological polar surface area (TPSA) is 93.6 Å². The van der Waals surface area contributed by atoms with Crippen LogP contribution < -0.4 is 0 Å². The van der Waals surface area contributed by atoms with Gasteiger partial charge in [-0.2, -0.15) is 0 Å². The van der Waals surface area contributed by atoms with Gasteiger partial charge in [0.05, 0.1) is 0 Å². The van der Waals surface area contributed by atoms with Gasteiger partial charge in [-0.15, -0.1) is 0 Å². The van der Waals surface area contributed by atoms with Crippen LogP contribution in [-0.2, 0) is 14.3 Å². The van der Waals surface area contributed by atoms with Crippen molar-refractivity contribution in [3.05, 3.63) is 30.1 Å². The van der Waals surface area contributed by atoms with Gasteiger partial charge in [-0.05, 0) is 12.1 Å². The summed E-state index contributed by atoms with van der Waals surface area (Å²) in [4.78, 5) is 36.1. The molecule has 0 spiro atoms. The van der Waals surface area contributed by atoms with Crippen molar-refractivity contribution in [3.63, 3.8) is 0 Å². The molecule has 0 unspecified atom stereocenters. The highest BCUT2D eigenvalue weighted by Gasteiger charge is 2.12. The Labute approximate surface area is 90.9 Å². The number of Topliss-reactive ketones (excluding diaryl/α,β-unsaturated/α-hetero) is 1. The van der Waals surface area contributed by atoms with E-state index in [-0.39, 0.29) is 0 Å². The highest BCUT2D eigenvalue weighted by molar-refractivity contribution is 5.98. The van der Waals surface area contributed by atoms with Crippen molar-refractivity contribution < 1.29 is 24.2 Å². The number of aliphatic carboxylic acids is 1. The van der Waals surface area contributed by atoms with E-state index in [2.05, 4.69) is 9.72 Å². The van der Waals surface area contributed by atoms with Gasteiger partial charge in [-0.3, -0.25) is 19.4 Å². The fourth-order valence-corrected chi connectivity index (χ4v) is 0.942. The quantitative estimate of drug-likeness (QED) is 0.438. The minimum Gasteiger partial charge on any atom is -0.481 e. The number of rotatable bonds is 5. The number of nitrogens with zero attached hydrogens (tertiary/aromatic N) is 1. The second kappa shape index (κ2) is 5.59. The normalized spacial score (nSPS) is 9.50. The van der Waals surface area contributed by atoms with E-state index in [1.807, 2.05) is 0 Å². The molecule has 0 bridgehead atoms. The minimum absolute atomic E-state index is 0.359. The maximum absolute atomic E-state index is 11.4. The second-order valence-electron chi connectivity index (χ2n) is 2.89. The first-order valence-electron chi connectivity index (χ1n) is 4.40. The van der Waals surface area contributed by atoms with E-state index in [9.17, 15) is 14.4 Å². The number of aromatic nitrogens is 1. The zero-order valence-corrected chi connectivity index (χ0v) is 8.25. The molecular weight excluding hydrogens is 214 g/mol. The largest absolute Gasteiger partial charge is 0.481 e. The first-order valence-corrected chi connectivity index (χ1v) is 4.40. The maximum Gasteiger partial charge on any atom is 0.317 e. The van der Waals surface area contributed by atoms with Crippen molar-refractivity contribution >= 4 is 17.7 Å². The van der Waals surface area contributed by atoms with Gasteiger partial charge in [0.25, 0.3) is 0 Å². The highest BCUT2D eigenvalue weighted by Crippen LogP contribution is 1.99. The minimum atomic E-state index is -1.29. The molecule has 1 aromatic heterocycles. The lowest BCUT2D eigenvalue weighted by molar-refractivity contribution is -0.150. The molecule has 1 aromatic rings. The Morgan fingerprint density at radius 3 is 2.44 bits per heavy atom. The van der Waals surface area contributed by atoms with E-state index in [0.717, 1.165) is 0 Å². The van der Waals surface area contributed by atoms with Crippen LogP contribution in [0.4, 0.5) is 0 Å². The molecule has 0 aliphatic heterocycles. The maximum atomic E-state index is 11.4. The summed E-state index contributed by atoms with van der Waals surface area (Å²) in [6.07, 6.45) is 2.13. The van der Waals surface area contributed by atoms with Crippen LogP contribution in [0.15, 0.2) is 24.5 Å². The van der Waals surface area contributed by atoms with Crippen LogP contribution in [0.2, 0.25) is 0 Å². The third-order valence-corrected chi connectivity index (χ3v) is 1.66. The van der Waals surface area contributed by atoms with Crippen LogP contribution in [0, 0.1) is 0 Å². The Hall–Kier alpha value is -2.24. The van der Waals surface area contributed by atoms with Crippen LogP contribution in [0.25, 0.3) is 0 Å². The van der Waals surface area contributed by atoms with E-state index in [4.69, 9.17) is 5.11 Å². The molecule has 84 valence electrons. The number of pyridine rings is 1. The number of ketones is 1. The van der Waals surface area contributed by atoms with Gasteiger partial charge in [0.1, 0.15) is 6.42 Å². The number of esters is 1. The molecule has 16 heavy (non-hydrogen) atoms. The number of ether oxygens (including phenoxy) is 1. The zero-order valence-electron chi connectivity index (χ0n) is 8.25. The Bertz CT molecular complexity index is 401. The molecule has 6 heteroatoms. The summed E-state index contributed by atoms with van der Waals surface area (Å²) in [5.41, 5.74) is 0.359. The molecular formula is C10H9NO5. The summed E-state index contributed by atoms with van der Waals surface area (Å²) in [5, 5.41) is 8.27. The number of carboxylic acid groups (broad SMARTS) is 1. The molecule has 0 fully saturated rings. The summed E-state index contributed by atoms with van der Waals surface area (Å²) >= 11 is 0. The zero-order chi connectivity index (χ0) is 12.0. The molecule has 0 aliphatic carbocycles. The van der Waals surface area contributed by atoms with E-state index in [1.165, 1.54) is 24.5 Å². The van der Waals surface area contributed by atoms with Gasteiger partial charge in [0.15, 0.2) is 12.4 Å². The van der Waals surface area contributed by atoms with E-state index >= 15 is 0 Å². The number of hydrogen-bond donors (Lipinski definition) is 1. The van der Waals surface area contributed by atoms with Crippen LogP contribution in [0.5, 0.6) is 0 Å². The molecule has 0 atom stereocenters. The average Bonchev–Trinajstić information content (AvgIpc) is 2.26. The third kappa shape index (κ3) is 3.87. The molecule has 1 rings (SSSR count). The molecule has 0 amide bonds. The summed E-state index contributed by atoms with van der Waals surface area (Å²) in [6, 6.07) is 2.96. The highest BCUT2D eigenvalue weighted by atomic mass is 16.5. The van der Waals surface area contributed by atoms with Crippen molar-refractivity contribution in [2.75, 3.05) is 6.61 Å². The molecule has 1 N–H and O–H groups in total. The summed E-state index contributed by atoms with van der Waals surface area (Å²) < 4.78 is 4.48. The van der Waals surface area contributed by atoms with Crippen molar-refractivity contribution in [1.82, 2.24) is 4.98 Å². The van der Waals surface area contributed by atoms with Crippen molar-refractivity contribution in [1.29, 1.82) is 0 Å². The van der Waals surface area contributed by atoms with Crippen molar-refractivity contribution in [3.8, 4) is 0 Å². The van der Waals surface area contributed by atoms with Crippen LogP contribution in [0.3, 0.4) is 0 Å². The van der Waals surface area contributed by atoms with E-state index < -0.39 is 30.7 Å². The van der Waals surface area contributed by atoms with Crippen molar-refractivity contribution in [2.45, 2.75) is 6.42 Å². The van der Waals surface area contributed by atoms with Gasteiger partial charge in [0.2, 0.25) is 0 Å². The summed E-state index contributed by atoms with van der Waals surface area (Å²) in [7, 11) is 0. The van der Waals surface area contributed by atoms with Gasteiger partial charge in [0, 0.05) is 18.0 Å². The first kappa shape index (κ1) is 11.8. The standard InChI is InChI=1S/C10H9NO5/c12-8(7-1-3-11-4-2-7)6-16-10(15)5-9(13)14/h1-4H,5-6H2,(H,13,14). The predicted octanol–water partition coefficient (Wildman–Crippen LogP) is 0.282. The summed E-state index contributed by atoms with van der Waals surface area (Å²) in [5.74, 6) is -2.63. The fourth-order valence-electron chi connectivity index (χ4n) is 0.942. The lowest BCUT2D eigenvalue weighted by Gasteiger charge is -2.02. The SMILES string of the molecule is O=C(O)CC(=O)OCC(=O)c1ccncc1. The number of carbonyl (C=O) groups is 3. The van der Waals surface area contributed by atoms with E-state index in [1.54, 1.807) is 0 Å². The van der Waals surface area contributed by atoms with Crippen LogP contribution >= 0.6 is 0 Å². The van der Waals surface area contributed by atoms with Gasteiger partial charge in [-0.1, -0.05) is 0 Å². The number of carboxylic acids is 1. The van der Waals surface area contributed by atoms with Gasteiger partial charge < -0.3 is 9.84 Å². The fraction of sp³-hybridized carbons (Fsp3) is 0.200. The monoisotopic (exact) mass is 223 g/mol. The van der Waals surface area contributed by atoms with Crippen LogP contribution in [-0.4, -0.2) is 34.4 Å². The van der Waals surface area contributed by atoms with E-state index in [0.29, 0.717) is 5.56 Å². The Balaban J connectivity index is 2.42. The predicted molar refractivity (Wildman–Crippen MR) is 51.8 cm³/mol. The molecule has 6 nitrogen and oxygen atoms in total. The molecule has 1 heterocycles. The third-order valence-electron chi connectivity index (χ3n) is 1.66. The van der Waals surface area contributed by atoms with Crippen molar-refractivity contribution in [2.24, 2.45) is 0 Å². The first-order chi connectivity index (χ1) is 7.59. The van der Waals surface area contributed by atoms with Gasteiger partial charge in [-0.25, -0.2) is 0 Å². The van der Waals surface area contributed by atoms with Crippen LogP contribution in [0.1, 0.15) is 16.8 Å². The lowest BCUT2D eigenvalue weighted by atomic mass is 10.2. The number of carbonyl (C=O) groups excluding carboxylic acids is 2. The Morgan fingerprint density at radius 1 is 1.25 bits per heavy atom.